The lowest BCUT2D eigenvalue weighted by molar-refractivity contribution is 1.08. The third-order valence-electron chi connectivity index (χ3n) is 10.3. The first-order valence-electron chi connectivity index (χ1n) is 18.7. The summed E-state index contributed by atoms with van der Waals surface area (Å²) in [5.41, 5.74) is 9.62. The van der Waals surface area contributed by atoms with Crippen molar-refractivity contribution in [3.63, 3.8) is 0 Å². The summed E-state index contributed by atoms with van der Waals surface area (Å²) >= 11 is 0. The Balaban J connectivity index is 1.23. The molecule has 3 heteroatoms. The van der Waals surface area contributed by atoms with Crippen LogP contribution >= 0.6 is 0 Å². The van der Waals surface area contributed by atoms with E-state index in [0.29, 0.717) is 23.5 Å². The van der Waals surface area contributed by atoms with E-state index in [4.69, 9.17) is 16.3 Å². The first-order chi connectivity index (χ1) is 27.2. The molecule has 0 unspecified atom stereocenters. The van der Waals surface area contributed by atoms with Crippen LogP contribution in [0.25, 0.3) is 99.9 Å². The van der Waals surface area contributed by atoms with E-state index in [2.05, 4.69) is 140 Å². The Morgan fingerprint density at radius 2 is 0.667 bits per heavy atom. The third-order valence-corrected chi connectivity index (χ3v) is 10.3. The van der Waals surface area contributed by atoms with Gasteiger partial charge in [-0.15, -0.1) is 0 Å². The highest BCUT2D eigenvalue weighted by atomic mass is 15.0. The second-order valence-electron chi connectivity index (χ2n) is 13.4. The Kier molecular flexibility index (Phi) is 7.54. The van der Waals surface area contributed by atoms with Crippen molar-refractivity contribution in [1.29, 1.82) is 0 Å². The predicted octanol–water partition coefficient (Wildman–Crippen LogP) is 13.3. The van der Waals surface area contributed by atoms with Crippen LogP contribution in [0, 0.1) is 0 Å². The van der Waals surface area contributed by atoms with Gasteiger partial charge in [-0.25, -0.2) is 15.0 Å². The normalized spacial score (nSPS) is 11.6. The topological polar surface area (TPSA) is 38.7 Å². The molecule has 252 valence electrons. The molecular weight excluding hydrogens is 655 g/mol. The smallest absolute Gasteiger partial charge is 0.164 e. The summed E-state index contributed by atoms with van der Waals surface area (Å²) in [6.45, 7) is 0. The van der Waals surface area contributed by atoms with Gasteiger partial charge in [0.1, 0.15) is 0 Å². The van der Waals surface area contributed by atoms with E-state index >= 15 is 0 Å². The molecule has 0 spiro atoms. The molecule has 0 atom stereocenters. The molecule has 3 nitrogen and oxygen atoms in total. The molecule has 0 N–H and O–H groups in total. The highest BCUT2D eigenvalue weighted by molar-refractivity contribution is 6.24. The van der Waals surface area contributed by atoms with Gasteiger partial charge in [-0.05, 0) is 71.8 Å². The molecule has 10 rings (SSSR count). The first kappa shape index (κ1) is 30.4. The summed E-state index contributed by atoms with van der Waals surface area (Å²) in [6.07, 6.45) is 0. The summed E-state index contributed by atoms with van der Waals surface area (Å²) < 4.78 is 8.12. The predicted molar refractivity (Wildman–Crippen MR) is 225 cm³/mol. The van der Waals surface area contributed by atoms with E-state index in [-0.39, 0.29) is 0 Å². The second-order valence-corrected chi connectivity index (χ2v) is 13.4. The van der Waals surface area contributed by atoms with Crippen molar-refractivity contribution in [3.05, 3.63) is 200 Å². The highest BCUT2D eigenvalue weighted by Gasteiger charge is 2.21. The lowest BCUT2D eigenvalue weighted by Gasteiger charge is -2.19. The van der Waals surface area contributed by atoms with E-state index in [1.54, 1.807) is 12.1 Å². The quantitative estimate of drug-likeness (QED) is 0.163. The van der Waals surface area contributed by atoms with Gasteiger partial charge in [-0.2, -0.15) is 0 Å². The number of hydrogen-bond donors (Lipinski definition) is 0. The molecule has 0 aliphatic heterocycles. The summed E-state index contributed by atoms with van der Waals surface area (Å²) in [4.78, 5) is 15.5. The van der Waals surface area contributed by atoms with Crippen LogP contribution in [0.15, 0.2) is 200 Å². The summed E-state index contributed by atoms with van der Waals surface area (Å²) in [7, 11) is 0. The SMILES string of the molecule is [2H]c1ccc(-c2nc(-c3ccccc3-c3ccccc3)nc(-c3ccc(-c4c5ccccc5c(-c5ccccc5)c5ccccc45)c4ccccc34)n2)cc1. The molecule has 0 bridgehead atoms. The van der Waals surface area contributed by atoms with Gasteiger partial charge in [-0.1, -0.05) is 194 Å². The number of nitrogens with zero attached hydrogens (tertiary/aromatic N) is 3. The van der Waals surface area contributed by atoms with Crippen molar-refractivity contribution in [2.75, 3.05) is 0 Å². The third kappa shape index (κ3) is 5.42. The van der Waals surface area contributed by atoms with Crippen LogP contribution in [0.2, 0.25) is 0 Å². The zero-order valence-electron chi connectivity index (χ0n) is 30.3. The van der Waals surface area contributed by atoms with Gasteiger partial charge in [0.05, 0.1) is 1.37 Å². The Morgan fingerprint density at radius 3 is 1.28 bits per heavy atom. The van der Waals surface area contributed by atoms with Crippen molar-refractivity contribution < 1.29 is 1.37 Å². The number of fused-ring (bicyclic) bond motifs is 3. The Morgan fingerprint density at radius 1 is 0.259 bits per heavy atom. The van der Waals surface area contributed by atoms with Crippen molar-refractivity contribution >= 4 is 32.3 Å². The zero-order chi connectivity index (χ0) is 36.7. The highest BCUT2D eigenvalue weighted by Crippen LogP contribution is 2.46. The minimum absolute atomic E-state index is 0.436. The lowest BCUT2D eigenvalue weighted by Crippen LogP contribution is -2.01. The molecule has 54 heavy (non-hydrogen) atoms. The number of rotatable bonds is 6. The van der Waals surface area contributed by atoms with E-state index in [0.717, 1.165) is 44.2 Å². The number of aromatic nitrogens is 3. The lowest BCUT2D eigenvalue weighted by atomic mass is 9.84. The maximum atomic E-state index is 8.12. The van der Waals surface area contributed by atoms with E-state index in [9.17, 15) is 0 Å². The maximum absolute atomic E-state index is 8.12. The van der Waals surface area contributed by atoms with Gasteiger partial charge >= 0.3 is 0 Å². The molecule has 9 aromatic carbocycles. The van der Waals surface area contributed by atoms with Crippen LogP contribution in [-0.4, -0.2) is 15.0 Å². The van der Waals surface area contributed by atoms with Gasteiger partial charge in [0, 0.05) is 16.7 Å². The Hall–Kier alpha value is -7.23. The van der Waals surface area contributed by atoms with Gasteiger partial charge < -0.3 is 0 Å². The molecule has 0 aliphatic carbocycles. The molecule has 10 aromatic rings. The van der Waals surface area contributed by atoms with Gasteiger partial charge in [0.15, 0.2) is 17.5 Å². The van der Waals surface area contributed by atoms with Crippen molar-refractivity contribution in [2.24, 2.45) is 0 Å². The van der Waals surface area contributed by atoms with Crippen LogP contribution < -0.4 is 0 Å². The summed E-state index contributed by atoms with van der Waals surface area (Å²) in [6, 6.07) is 67.7. The largest absolute Gasteiger partial charge is 0.208 e. The standard InChI is InChI=1S/C51H33N3/c1-4-18-34(19-5-1)37-24-10-17-31-45(37)50-52-49(36-22-8-3-9-23-36)53-51(54-50)46-33-32-44(38-25-11-12-26-39(38)46)48-42-29-15-13-27-40(42)47(35-20-6-2-7-21-35)41-28-14-16-30-43(41)48/h1-33H/i3D. The van der Waals surface area contributed by atoms with Crippen molar-refractivity contribution in [3.8, 4) is 67.5 Å². The number of hydrogen-bond acceptors (Lipinski definition) is 3. The fourth-order valence-electron chi connectivity index (χ4n) is 7.88. The molecule has 0 aliphatic rings. The van der Waals surface area contributed by atoms with E-state index in [1.807, 2.05) is 42.5 Å². The average molecular weight is 689 g/mol. The second kappa shape index (κ2) is 13.4. The minimum atomic E-state index is 0.436. The average Bonchev–Trinajstić information content (AvgIpc) is 3.26. The van der Waals surface area contributed by atoms with Crippen LogP contribution in [0.5, 0.6) is 0 Å². The monoisotopic (exact) mass is 688 g/mol. The van der Waals surface area contributed by atoms with Crippen LogP contribution in [-0.2, 0) is 0 Å². The zero-order valence-corrected chi connectivity index (χ0v) is 29.3. The molecule has 0 saturated carbocycles. The minimum Gasteiger partial charge on any atom is -0.208 e. The molecule has 0 saturated heterocycles. The molecule has 0 radical (unpaired) electrons. The fourth-order valence-corrected chi connectivity index (χ4v) is 7.88. The van der Waals surface area contributed by atoms with Gasteiger partial charge in [-0.3, -0.25) is 0 Å². The number of benzene rings is 9. The Labute approximate surface area is 315 Å². The molecule has 1 aromatic heterocycles. The first-order valence-corrected chi connectivity index (χ1v) is 18.2. The van der Waals surface area contributed by atoms with Crippen molar-refractivity contribution in [1.82, 2.24) is 15.0 Å². The van der Waals surface area contributed by atoms with Crippen LogP contribution in [0.4, 0.5) is 0 Å². The molecule has 0 fully saturated rings. The van der Waals surface area contributed by atoms with Crippen LogP contribution in [0.3, 0.4) is 0 Å². The van der Waals surface area contributed by atoms with Gasteiger partial charge in [0.25, 0.3) is 0 Å². The maximum Gasteiger partial charge on any atom is 0.164 e. The summed E-state index contributed by atoms with van der Waals surface area (Å²) in [5, 5.41) is 7.03. The van der Waals surface area contributed by atoms with Crippen molar-refractivity contribution in [2.45, 2.75) is 0 Å². The van der Waals surface area contributed by atoms with E-state index < -0.39 is 0 Å². The molecule has 1 heterocycles. The molecular formula is C51H33N3. The summed E-state index contributed by atoms with van der Waals surface area (Å²) in [5.74, 6) is 1.75. The van der Waals surface area contributed by atoms with Gasteiger partial charge in [0.2, 0.25) is 0 Å². The Bertz CT molecular complexity index is 2970. The van der Waals surface area contributed by atoms with E-state index in [1.165, 1.54) is 38.2 Å². The fraction of sp³-hybridized carbons (Fsp3) is 0. The van der Waals surface area contributed by atoms with Crippen LogP contribution in [0.1, 0.15) is 1.37 Å². The molecule has 0 amide bonds.